The summed E-state index contributed by atoms with van der Waals surface area (Å²) in [5.74, 6) is -1.29. The summed E-state index contributed by atoms with van der Waals surface area (Å²) < 4.78 is 5.83. The second-order valence-corrected chi connectivity index (χ2v) is 10.6. The third-order valence-corrected chi connectivity index (χ3v) is 7.03. The summed E-state index contributed by atoms with van der Waals surface area (Å²) in [4.78, 5) is 26.6. The van der Waals surface area contributed by atoms with Gasteiger partial charge in [0, 0.05) is 4.92 Å². The number of hydrogen-bond donors (Lipinski definition) is 1. The summed E-state index contributed by atoms with van der Waals surface area (Å²) in [5, 5.41) is 18.5. The number of hydrogen-bond acceptors (Lipinski definition) is 5. The van der Waals surface area contributed by atoms with E-state index in [1.165, 1.54) is 0 Å². The van der Waals surface area contributed by atoms with E-state index in [0.717, 1.165) is 27.5 Å². The van der Waals surface area contributed by atoms with Gasteiger partial charge in [-0.05, 0) is 48.2 Å². The minimum Gasteiger partial charge on any atom is -0.459 e. The van der Waals surface area contributed by atoms with Crippen LogP contribution in [0.3, 0.4) is 0 Å². The zero-order chi connectivity index (χ0) is 26.2. The molecule has 0 amide bonds. The number of carbonyl (C=O) groups is 1. The van der Waals surface area contributed by atoms with Crippen LogP contribution in [0.2, 0.25) is 0 Å². The lowest BCUT2D eigenvalue weighted by atomic mass is 9.74. The van der Waals surface area contributed by atoms with Crippen molar-refractivity contribution in [2.75, 3.05) is 0 Å². The summed E-state index contributed by atoms with van der Waals surface area (Å²) in [6.45, 7) is 5.41. The number of fused-ring (bicyclic) bond motifs is 1. The maximum absolute atomic E-state index is 13.7. The highest BCUT2D eigenvalue weighted by Crippen LogP contribution is 2.48. The molecule has 3 atom stereocenters. The molecule has 0 unspecified atom stereocenters. The van der Waals surface area contributed by atoms with E-state index >= 15 is 0 Å². The first-order valence-corrected chi connectivity index (χ1v) is 12.4. The fourth-order valence-corrected chi connectivity index (χ4v) is 5.60. The van der Waals surface area contributed by atoms with E-state index in [1.807, 2.05) is 103 Å². The Morgan fingerprint density at radius 3 is 1.92 bits per heavy atom. The van der Waals surface area contributed by atoms with Crippen LogP contribution in [-0.2, 0) is 15.1 Å². The summed E-state index contributed by atoms with van der Waals surface area (Å²) in [6.07, 6.45) is 0. The van der Waals surface area contributed by atoms with Crippen molar-refractivity contribution in [1.82, 2.24) is 5.32 Å². The summed E-state index contributed by atoms with van der Waals surface area (Å²) in [6, 6.07) is 30.3. The van der Waals surface area contributed by atoms with Crippen LogP contribution in [-0.4, -0.2) is 28.6 Å². The number of nitro groups is 1. The maximum atomic E-state index is 13.7. The highest BCUT2D eigenvalue weighted by molar-refractivity contribution is 5.84. The molecular weight excluding hydrogens is 464 g/mol. The molecule has 188 valence electrons. The quantitative estimate of drug-likeness (QED) is 0.215. The number of nitrogens with one attached hydrogen (secondary N) is 1. The second kappa shape index (κ2) is 9.45. The Morgan fingerprint density at radius 1 is 0.838 bits per heavy atom. The number of esters is 1. The SMILES string of the molecule is CC(C)(C)OC(=O)[C@H]1NC(c2ccccc2)(c2ccccc2)[C@@H]([N+](=O)[O-])[C@@H]1c1ccc2ccccc2c1. The van der Waals surface area contributed by atoms with Crippen LogP contribution < -0.4 is 5.32 Å². The molecule has 1 aliphatic heterocycles. The van der Waals surface area contributed by atoms with Crippen LogP contribution in [0.5, 0.6) is 0 Å². The van der Waals surface area contributed by atoms with Crippen molar-refractivity contribution >= 4 is 16.7 Å². The van der Waals surface area contributed by atoms with Crippen LogP contribution in [0.25, 0.3) is 10.8 Å². The van der Waals surface area contributed by atoms with E-state index < -0.39 is 35.1 Å². The van der Waals surface area contributed by atoms with E-state index in [0.29, 0.717) is 0 Å². The summed E-state index contributed by atoms with van der Waals surface area (Å²) >= 11 is 0. The van der Waals surface area contributed by atoms with Gasteiger partial charge in [-0.15, -0.1) is 0 Å². The predicted octanol–water partition coefficient (Wildman–Crippen LogP) is 5.83. The van der Waals surface area contributed by atoms with Crippen molar-refractivity contribution in [1.29, 1.82) is 0 Å². The first-order valence-electron chi connectivity index (χ1n) is 12.4. The van der Waals surface area contributed by atoms with E-state index in [4.69, 9.17) is 4.74 Å². The van der Waals surface area contributed by atoms with E-state index in [1.54, 1.807) is 20.8 Å². The molecule has 37 heavy (non-hydrogen) atoms. The molecule has 4 aromatic rings. The van der Waals surface area contributed by atoms with E-state index in [-0.39, 0.29) is 4.92 Å². The molecular formula is C31H30N2O4. The summed E-state index contributed by atoms with van der Waals surface area (Å²) in [5.41, 5.74) is 0.155. The van der Waals surface area contributed by atoms with Crippen molar-refractivity contribution in [3.05, 3.63) is 130 Å². The predicted molar refractivity (Wildman–Crippen MR) is 144 cm³/mol. The zero-order valence-corrected chi connectivity index (χ0v) is 21.1. The van der Waals surface area contributed by atoms with E-state index in [2.05, 4.69) is 5.32 Å². The third kappa shape index (κ3) is 4.49. The average molecular weight is 495 g/mol. The lowest BCUT2D eigenvalue weighted by molar-refractivity contribution is -0.533. The van der Waals surface area contributed by atoms with Gasteiger partial charge in [0.25, 0.3) is 0 Å². The molecule has 1 fully saturated rings. The highest BCUT2D eigenvalue weighted by atomic mass is 16.6. The van der Waals surface area contributed by atoms with Gasteiger partial charge in [-0.25, -0.2) is 0 Å². The average Bonchev–Trinajstić information content (AvgIpc) is 3.26. The van der Waals surface area contributed by atoms with Gasteiger partial charge >= 0.3 is 5.97 Å². The monoisotopic (exact) mass is 494 g/mol. The normalized spacial score (nSPS) is 21.0. The van der Waals surface area contributed by atoms with Gasteiger partial charge in [-0.2, -0.15) is 0 Å². The molecule has 0 aromatic heterocycles. The molecule has 5 rings (SSSR count). The van der Waals surface area contributed by atoms with Gasteiger partial charge in [0.15, 0.2) is 0 Å². The van der Waals surface area contributed by atoms with Gasteiger partial charge in [-0.3, -0.25) is 20.2 Å². The first-order chi connectivity index (χ1) is 17.7. The lowest BCUT2D eigenvalue weighted by Crippen LogP contribution is -2.51. The van der Waals surface area contributed by atoms with Gasteiger partial charge < -0.3 is 4.74 Å². The molecule has 0 bridgehead atoms. The Labute approximate surface area is 216 Å². The molecule has 0 saturated carbocycles. The number of carbonyl (C=O) groups excluding carboxylic acids is 1. The maximum Gasteiger partial charge on any atom is 0.324 e. The number of ether oxygens (including phenoxy) is 1. The zero-order valence-electron chi connectivity index (χ0n) is 21.1. The van der Waals surface area contributed by atoms with Gasteiger partial charge in [0.2, 0.25) is 6.04 Å². The minimum absolute atomic E-state index is 0.239. The Balaban J connectivity index is 1.78. The third-order valence-electron chi connectivity index (χ3n) is 7.03. The van der Waals surface area contributed by atoms with Crippen molar-refractivity contribution in [3.8, 4) is 0 Å². The molecule has 0 aliphatic carbocycles. The number of benzene rings is 4. The van der Waals surface area contributed by atoms with Crippen molar-refractivity contribution in [2.45, 2.75) is 49.9 Å². The van der Waals surface area contributed by atoms with Gasteiger partial charge in [0.05, 0.1) is 5.92 Å². The molecule has 0 spiro atoms. The summed E-state index contributed by atoms with van der Waals surface area (Å²) in [7, 11) is 0. The van der Waals surface area contributed by atoms with Crippen molar-refractivity contribution < 1.29 is 14.5 Å². The second-order valence-electron chi connectivity index (χ2n) is 10.6. The van der Waals surface area contributed by atoms with Crippen LogP contribution in [0.15, 0.2) is 103 Å². The number of nitrogens with zero attached hydrogens (tertiary/aromatic N) is 1. The molecule has 1 saturated heterocycles. The molecule has 1 aliphatic rings. The van der Waals surface area contributed by atoms with Crippen molar-refractivity contribution in [2.24, 2.45) is 0 Å². The molecule has 0 radical (unpaired) electrons. The van der Waals surface area contributed by atoms with Crippen LogP contribution in [0.1, 0.15) is 43.4 Å². The lowest BCUT2D eigenvalue weighted by Gasteiger charge is -2.33. The Hall–Kier alpha value is -4.03. The fraction of sp³-hybridized carbons (Fsp3) is 0.258. The molecule has 1 heterocycles. The Bertz CT molecular complexity index is 1390. The largest absolute Gasteiger partial charge is 0.459 e. The first kappa shape index (κ1) is 24.7. The smallest absolute Gasteiger partial charge is 0.324 e. The molecule has 4 aromatic carbocycles. The van der Waals surface area contributed by atoms with Crippen LogP contribution in [0.4, 0.5) is 0 Å². The molecule has 6 nitrogen and oxygen atoms in total. The standard InChI is InChI=1S/C31H30N2O4/c1-30(2,3)37-29(34)27-26(23-19-18-21-12-10-11-13-22(21)20-23)28(33(35)36)31(32-27,24-14-6-4-7-15-24)25-16-8-5-9-17-25/h4-20,26-28,32H,1-3H3/t26-,27+,28+/m1/s1. The van der Waals surface area contributed by atoms with Crippen LogP contribution in [0, 0.1) is 10.1 Å². The highest BCUT2D eigenvalue weighted by Gasteiger charge is 2.65. The molecule has 1 N–H and O–H groups in total. The Morgan fingerprint density at radius 2 is 1.38 bits per heavy atom. The Kier molecular flexibility index (Phi) is 6.30. The topological polar surface area (TPSA) is 81.5 Å². The van der Waals surface area contributed by atoms with Crippen molar-refractivity contribution in [3.63, 3.8) is 0 Å². The minimum atomic E-state index is -1.26. The molecule has 6 heteroatoms. The van der Waals surface area contributed by atoms with Gasteiger partial charge in [-0.1, -0.05) is 103 Å². The number of rotatable bonds is 5. The van der Waals surface area contributed by atoms with Crippen LogP contribution >= 0.6 is 0 Å². The van der Waals surface area contributed by atoms with E-state index in [9.17, 15) is 14.9 Å². The fourth-order valence-electron chi connectivity index (χ4n) is 5.60. The van der Waals surface area contributed by atoms with Gasteiger partial charge in [0.1, 0.15) is 17.2 Å².